The van der Waals surface area contributed by atoms with Gasteiger partial charge in [-0.2, -0.15) is 4.31 Å². The first kappa shape index (κ1) is 26.3. The maximum absolute atomic E-state index is 12.7. The third-order valence-electron chi connectivity index (χ3n) is 5.89. The van der Waals surface area contributed by atoms with Gasteiger partial charge >= 0.3 is 0 Å². The Morgan fingerprint density at radius 3 is 2.31 bits per heavy atom. The molecule has 0 aliphatic carbocycles. The number of halogens is 1. The molecule has 0 aliphatic rings. The second-order valence-corrected chi connectivity index (χ2v) is 11.6. The van der Waals surface area contributed by atoms with Gasteiger partial charge < -0.3 is 10.3 Å². The summed E-state index contributed by atoms with van der Waals surface area (Å²) in [5.41, 5.74) is 3.54. The number of sulfonamides is 1. The summed E-state index contributed by atoms with van der Waals surface area (Å²) in [6, 6.07) is 21.9. The number of nitrogens with zero attached hydrogens (tertiary/aromatic N) is 1. The average molecular weight is 542 g/mol. The minimum atomic E-state index is -3.55. The highest BCUT2D eigenvalue weighted by Crippen LogP contribution is 2.37. The summed E-state index contributed by atoms with van der Waals surface area (Å²) in [6.45, 7) is 4.86. The fourth-order valence-electron chi connectivity index (χ4n) is 4.00. The van der Waals surface area contributed by atoms with Crippen LogP contribution < -0.4 is 5.32 Å². The topological polar surface area (TPSA) is 82.3 Å². The van der Waals surface area contributed by atoms with Crippen LogP contribution in [-0.4, -0.2) is 49.0 Å². The van der Waals surface area contributed by atoms with Crippen molar-refractivity contribution in [2.75, 3.05) is 25.4 Å². The lowest BCUT2D eigenvalue weighted by Gasteiger charge is -2.18. The van der Waals surface area contributed by atoms with Crippen molar-refractivity contribution < 1.29 is 13.2 Å². The SMILES string of the molecule is CCN(CC)S(=O)(=O)c1ccc(C(=O)NCCSc2c(-c3ccc(Cl)cc3)[nH]c3ccccc23)cc1. The molecule has 0 atom stereocenters. The van der Waals surface area contributed by atoms with E-state index >= 15 is 0 Å². The lowest BCUT2D eigenvalue weighted by molar-refractivity contribution is 0.0956. The number of rotatable bonds is 10. The summed E-state index contributed by atoms with van der Waals surface area (Å²) >= 11 is 7.74. The fourth-order valence-corrected chi connectivity index (χ4v) is 6.64. The zero-order chi connectivity index (χ0) is 25.7. The summed E-state index contributed by atoms with van der Waals surface area (Å²) < 4.78 is 26.7. The first-order chi connectivity index (χ1) is 17.3. The van der Waals surface area contributed by atoms with E-state index < -0.39 is 10.0 Å². The number of carbonyl (C=O) groups excluding carboxylic acids is 1. The van der Waals surface area contributed by atoms with Gasteiger partial charge in [-0.05, 0) is 48.0 Å². The largest absolute Gasteiger partial charge is 0.354 e. The maximum atomic E-state index is 12.7. The van der Waals surface area contributed by atoms with E-state index in [0.717, 1.165) is 27.1 Å². The Bertz CT molecular complexity index is 1450. The summed E-state index contributed by atoms with van der Waals surface area (Å²) in [4.78, 5) is 17.5. The van der Waals surface area contributed by atoms with E-state index in [1.54, 1.807) is 37.7 Å². The van der Waals surface area contributed by atoms with Crippen LogP contribution >= 0.6 is 23.4 Å². The maximum Gasteiger partial charge on any atom is 0.251 e. The van der Waals surface area contributed by atoms with Crippen molar-refractivity contribution in [3.05, 3.63) is 83.4 Å². The number of amides is 1. The number of thioether (sulfide) groups is 1. The van der Waals surface area contributed by atoms with E-state index in [9.17, 15) is 13.2 Å². The molecular formula is C27H28ClN3O3S2. The smallest absolute Gasteiger partial charge is 0.251 e. The van der Waals surface area contributed by atoms with Gasteiger partial charge in [-0.1, -0.05) is 55.8 Å². The molecule has 0 saturated heterocycles. The van der Waals surface area contributed by atoms with Gasteiger partial charge in [0.25, 0.3) is 5.91 Å². The molecule has 9 heteroatoms. The van der Waals surface area contributed by atoms with Gasteiger partial charge in [0.15, 0.2) is 0 Å². The predicted octanol–water partition coefficient (Wildman–Crippen LogP) is 6.04. The number of aromatic nitrogens is 1. The van der Waals surface area contributed by atoms with Gasteiger partial charge in [0, 0.05) is 51.8 Å². The number of aromatic amines is 1. The number of benzene rings is 3. The van der Waals surface area contributed by atoms with Gasteiger partial charge in [0.05, 0.1) is 10.6 Å². The molecule has 0 radical (unpaired) electrons. The Hall–Kier alpha value is -2.78. The van der Waals surface area contributed by atoms with Crippen LogP contribution in [-0.2, 0) is 10.0 Å². The molecule has 0 bridgehead atoms. The van der Waals surface area contributed by atoms with Gasteiger partial charge in [0.1, 0.15) is 0 Å². The Morgan fingerprint density at radius 2 is 1.64 bits per heavy atom. The number of nitrogens with one attached hydrogen (secondary N) is 2. The van der Waals surface area contributed by atoms with Crippen molar-refractivity contribution >= 4 is 50.2 Å². The second-order valence-electron chi connectivity index (χ2n) is 8.10. The number of hydrogen-bond acceptors (Lipinski definition) is 4. The first-order valence-electron chi connectivity index (χ1n) is 11.7. The van der Waals surface area contributed by atoms with Crippen LogP contribution in [0.2, 0.25) is 5.02 Å². The monoisotopic (exact) mass is 541 g/mol. The molecule has 1 heterocycles. The Kier molecular flexibility index (Phi) is 8.41. The van der Waals surface area contributed by atoms with Crippen molar-refractivity contribution in [1.82, 2.24) is 14.6 Å². The third-order valence-corrected chi connectivity index (χ3v) is 9.32. The predicted molar refractivity (Wildman–Crippen MR) is 148 cm³/mol. The summed E-state index contributed by atoms with van der Waals surface area (Å²) in [7, 11) is -3.55. The number of fused-ring (bicyclic) bond motifs is 1. The minimum absolute atomic E-state index is 0.187. The van der Waals surface area contributed by atoms with E-state index in [1.165, 1.54) is 16.4 Å². The first-order valence-corrected chi connectivity index (χ1v) is 14.5. The van der Waals surface area contributed by atoms with Crippen LogP contribution in [0.5, 0.6) is 0 Å². The van der Waals surface area contributed by atoms with Crippen molar-refractivity contribution in [3.63, 3.8) is 0 Å². The summed E-state index contributed by atoms with van der Waals surface area (Å²) in [6.07, 6.45) is 0. The second kappa shape index (κ2) is 11.5. The van der Waals surface area contributed by atoms with E-state index in [2.05, 4.69) is 16.4 Å². The van der Waals surface area contributed by atoms with Gasteiger partial charge in [-0.25, -0.2) is 8.42 Å². The van der Waals surface area contributed by atoms with Crippen LogP contribution in [0.1, 0.15) is 24.2 Å². The zero-order valence-electron chi connectivity index (χ0n) is 20.1. The average Bonchev–Trinajstić information content (AvgIpc) is 3.26. The molecule has 0 saturated carbocycles. The van der Waals surface area contributed by atoms with Gasteiger partial charge in [-0.3, -0.25) is 4.79 Å². The molecule has 0 aliphatic heterocycles. The van der Waals surface area contributed by atoms with E-state index in [0.29, 0.717) is 36.0 Å². The molecule has 36 heavy (non-hydrogen) atoms. The van der Waals surface area contributed by atoms with Crippen molar-refractivity contribution in [1.29, 1.82) is 0 Å². The van der Waals surface area contributed by atoms with Crippen LogP contribution in [0.25, 0.3) is 22.2 Å². The zero-order valence-corrected chi connectivity index (χ0v) is 22.5. The number of carbonyl (C=O) groups is 1. The quantitative estimate of drug-likeness (QED) is 0.189. The highest BCUT2D eigenvalue weighted by molar-refractivity contribution is 7.99. The lowest BCUT2D eigenvalue weighted by atomic mass is 10.1. The van der Waals surface area contributed by atoms with Crippen LogP contribution in [0, 0.1) is 0 Å². The van der Waals surface area contributed by atoms with Crippen molar-refractivity contribution in [3.8, 4) is 11.3 Å². The minimum Gasteiger partial charge on any atom is -0.354 e. The molecule has 3 aromatic carbocycles. The number of para-hydroxylation sites is 1. The fraction of sp³-hybridized carbons (Fsp3) is 0.222. The molecule has 4 aromatic rings. The molecule has 0 unspecified atom stereocenters. The molecule has 6 nitrogen and oxygen atoms in total. The third kappa shape index (κ3) is 5.62. The van der Waals surface area contributed by atoms with Gasteiger partial charge in [-0.15, -0.1) is 11.8 Å². The normalized spacial score (nSPS) is 11.8. The Balaban J connectivity index is 1.41. The molecule has 0 spiro atoms. The van der Waals surface area contributed by atoms with Crippen molar-refractivity contribution in [2.24, 2.45) is 0 Å². The molecule has 0 fully saturated rings. The standard InChI is InChI=1S/C27H28ClN3O3S2/c1-3-31(4-2)36(33,34)22-15-11-20(12-16-22)27(32)29-17-18-35-26-23-7-5-6-8-24(23)30-25(26)19-9-13-21(28)14-10-19/h5-16,30H,3-4,17-18H2,1-2H3,(H,29,32). The summed E-state index contributed by atoms with van der Waals surface area (Å²) in [5, 5.41) is 4.75. The highest BCUT2D eigenvalue weighted by Gasteiger charge is 2.21. The molecule has 2 N–H and O–H groups in total. The number of hydrogen-bond donors (Lipinski definition) is 2. The highest BCUT2D eigenvalue weighted by atomic mass is 35.5. The van der Waals surface area contributed by atoms with Crippen LogP contribution in [0.15, 0.2) is 82.6 Å². The van der Waals surface area contributed by atoms with Gasteiger partial charge in [0.2, 0.25) is 10.0 Å². The Labute approximate surface area is 221 Å². The number of H-pyrrole nitrogens is 1. The van der Waals surface area contributed by atoms with Crippen LogP contribution in [0.3, 0.4) is 0 Å². The molecular weight excluding hydrogens is 514 g/mol. The van der Waals surface area contributed by atoms with Crippen molar-refractivity contribution in [2.45, 2.75) is 23.6 Å². The molecule has 1 amide bonds. The van der Waals surface area contributed by atoms with E-state index in [-0.39, 0.29) is 10.8 Å². The molecule has 1 aromatic heterocycles. The van der Waals surface area contributed by atoms with E-state index in [1.807, 2.05) is 42.5 Å². The molecule has 188 valence electrons. The Morgan fingerprint density at radius 1 is 0.972 bits per heavy atom. The summed E-state index contributed by atoms with van der Waals surface area (Å²) in [5.74, 6) is 0.432. The van der Waals surface area contributed by atoms with Crippen LogP contribution in [0.4, 0.5) is 0 Å². The van der Waals surface area contributed by atoms with E-state index in [4.69, 9.17) is 11.6 Å². The lowest BCUT2D eigenvalue weighted by Crippen LogP contribution is -2.30. The molecule has 4 rings (SSSR count).